The van der Waals surface area contributed by atoms with E-state index in [0.717, 1.165) is 27.6 Å². The molecule has 0 aliphatic heterocycles. The van der Waals surface area contributed by atoms with Gasteiger partial charge in [-0.3, -0.25) is 4.79 Å². The third-order valence-corrected chi connectivity index (χ3v) is 4.39. The van der Waals surface area contributed by atoms with Crippen LogP contribution in [0.4, 0.5) is 5.69 Å². The molecule has 0 bridgehead atoms. The Labute approximate surface area is 148 Å². The van der Waals surface area contributed by atoms with E-state index < -0.39 is 6.10 Å². The SMILES string of the molecule is CC[C@H](Oc1ccc2ccccc2c1)C(=O)Nc1c(C)cccc1C. The molecule has 3 nitrogen and oxygen atoms in total. The quantitative estimate of drug-likeness (QED) is 0.692. The second kappa shape index (κ2) is 7.39. The summed E-state index contributed by atoms with van der Waals surface area (Å²) < 4.78 is 5.97. The molecule has 0 unspecified atom stereocenters. The minimum Gasteiger partial charge on any atom is -0.481 e. The van der Waals surface area contributed by atoms with Crippen LogP contribution in [-0.2, 0) is 4.79 Å². The predicted octanol–water partition coefficient (Wildman–Crippen LogP) is 5.25. The van der Waals surface area contributed by atoms with Gasteiger partial charge in [-0.1, -0.05) is 55.5 Å². The zero-order valence-corrected chi connectivity index (χ0v) is 14.9. The first-order valence-electron chi connectivity index (χ1n) is 8.61. The Morgan fingerprint density at radius 1 is 0.960 bits per heavy atom. The van der Waals surface area contributed by atoms with Gasteiger partial charge in [0.25, 0.3) is 5.91 Å². The third-order valence-electron chi connectivity index (χ3n) is 4.39. The van der Waals surface area contributed by atoms with Crippen molar-refractivity contribution in [3.63, 3.8) is 0 Å². The molecule has 1 atom stereocenters. The van der Waals surface area contributed by atoms with E-state index in [1.807, 2.05) is 75.4 Å². The molecule has 0 saturated heterocycles. The summed E-state index contributed by atoms with van der Waals surface area (Å²) in [5, 5.41) is 5.28. The average molecular weight is 333 g/mol. The molecule has 3 heteroatoms. The molecule has 0 aliphatic rings. The van der Waals surface area contributed by atoms with E-state index in [0.29, 0.717) is 12.2 Å². The van der Waals surface area contributed by atoms with Crippen LogP contribution >= 0.6 is 0 Å². The van der Waals surface area contributed by atoms with Crippen molar-refractivity contribution in [2.24, 2.45) is 0 Å². The minimum atomic E-state index is -0.528. The van der Waals surface area contributed by atoms with Crippen molar-refractivity contribution in [1.29, 1.82) is 0 Å². The van der Waals surface area contributed by atoms with Gasteiger partial charge in [-0.15, -0.1) is 0 Å². The van der Waals surface area contributed by atoms with Crippen LogP contribution in [0.1, 0.15) is 24.5 Å². The molecule has 3 rings (SSSR count). The van der Waals surface area contributed by atoms with Crippen molar-refractivity contribution in [2.75, 3.05) is 5.32 Å². The maximum Gasteiger partial charge on any atom is 0.265 e. The van der Waals surface area contributed by atoms with Crippen molar-refractivity contribution in [2.45, 2.75) is 33.3 Å². The van der Waals surface area contributed by atoms with E-state index in [9.17, 15) is 4.79 Å². The molecule has 0 spiro atoms. The average Bonchev–Trinajstić information content (AvgIpc) is 2.62. The van der Waals surface area contributed by atoms with E-state index >= 15 is 0 Å². The van der Waals surface area contributed by atoms with E-state index in [1.54, 1.807) is 0 Å². The highest BCUT2D eigenvalue weighted by atomic mass is 16.5. The van der Waals surface area contributed by atoms with Crippen LogP contribution in [0.2, 0.25) is 0 Å². The highest BCUT2D eigenvalue weighted by Gasteiger charge is 2.20. The fourth-order valence-electron chi connectivity index (χ4n) is 2.94. The topological polar surface area (TPSA) is 38.3 Å². The summed E-state index contributed by atoms with van der Waals surface area (Å²) in [7, 11) is 0. The van der Waals surface area contributed by atoms with Crippen LogP contribution in [0.15, 0.2) is 60.7 Å². The Balaban J connectivity index is 1.78. The number of aryl methyl sites for hydroxylation is 2. The second-order valence-electron chi connectivity index (χ2n) is 6.28. The molecule has 0 aliphatic carbocycles. The normalized spacial score (nSPS) is 12.0. The van der Waals surface area contributed by atoms with Gasteiger partial charge in [0.1, 0.15) is 5.75 Å². The Kier molecular flexibility index (Phi) is 5.03. The number of carbonyl (C=O) groups excluding carboxylic acids is 1. The maximum atomic E-state index is 12.7. The Morgan fingerprint density at radius 3 is 2.32 bits per heavy atom. The van der Waals surface area contributed by atoms with Crippen LogP contribution in [0.3, 0.4) is 0 Å². The molecule has 0 aromatic heterocycles. The first-order valence-corrected chi connectivity index (χ1v) is 8.61. The first kappa shape index (κ1) is 17.0. The van der Waals surface area contributed by atoms with Crippen molar-refractivity contribution in [3.05, 3.63) is 71.8 Å². The molecular formula is C22H23NO2. The number of fused-ring (bicyclic) bond motifs is 1. The van der Waals surface area contributed by atoms with Crippen molar-refractivity contribution >= 4 is 22.4 Å². The number of nitrogens with one attached hydrogen (secondary N) is 1. The Morgan fingerprint density at radius 2 is 1.64 bits per heavy atom. The van der Waals surface area contributed by atoms with Gasteiger partial charge < -0.3 is 10.1 Å². The van der Waals surface area contributed by atoms with Crippen molar-refractivity contribution < 1.29 is 9.53 Å². The van der Waals surface area contributed by atoms with Gasteiger partial charge >= 0.3 is 0 Å². The van der Waals surface area contributed by atoms with Crippen LogP contribution in [0, 0.1) is 13.8 Å². The summed E-state index contributed by atoms with van der Waals surface area (Å²) in [5.74, 6) is 0.593. The lowest BCUT2D eigenvalue weighted by Gasteiger charge is -2.19. The monoisotopic (exact) mass is 333 g/mol. The molecule has 3 aromatic carbocycles. The molecule has 3 aromatic rings. The number of hydrogen-bond donors (Lipinski definition) is 1. The minimum absolute atomic E-state index is 0.118. The molecular weight excluding hydrogens is 310 g/mol. The highest BCUT2D eigenvalue weighted by Crippen LogP contribution is 2.23. The number of para-hydroxylation sites is 1. The molecule has 128 valence electrons. The standard InChI is InChI=1S/C22H23NO2/c1-4-20(22(24)23-21-15(2)8-7-9-16(21)3)25-19-13-12-17-10-5-6-11-18(17)14-19/h5-14,20H,4H2,1-3H3,(H,23,24)/t20-/m0/s1. The molecule has 25 heavy (non-hydrogen) atoms. The highest BCUT2D eigenvalue weighted by molar-refractivity contribution is 5.95. The summed E-state index contributed by atoms with van der Waals surface area (Å²) in [6.45, 7) is 5.94. The van der Waals surface area contributed by atoms with E-state index in [2.05, 4.69) is 11.4 Å². The van der Waals surface area contributed by atoms with Crippen LogP contribution in [0.25, 0.3) is 10.8 Å². The Hall–Kier alpha value is -2.81. The maximum absolute atomic E-state index is 12.7. The van der Waals surface area contributed by atoms with E-state index in [4.69, 9.17) is 4.74 Å². The summed E-state index contributed by atoms with van der Waals surface area (Å²) >= 11 is 0. The zero-order valence-electron chi connectivity index (χ0n) is 14.9. The van der Waals surface area contributed by atoms with Gasteiger partial charge in [-0.05, 0) is 54.3 Å². The molecule has 0 radical (unpaired) electrons. The summed E-state index contributed by atoms with van der Waals surface area (Å²) in [4.78, 5) is 12.7. The number of carbonyl (C=O) groups is 1. The third kappa shape index (κ3) is 3.82. The molecule has 0 heterocycles. The number of anilines is 1. The van der Waals surface area contributed by atoms with Gasteiger partial charge in [0, 0.05) is 5.69 Å². The predicted molar refractivity (Wildman–Crippen MR) is 103 cm³/mol. The molecule has 0 saturated carbocycles. The number of hydrogen-bond acceptors (Lipinski definition) is 2. The smallest absolute Gasteiger partial charge is 0.265 e. The first-order chi connectivity index (χ1) is 12.1. The van der Waals surface area contributed by atoms with Gasteiger partial charge in [-0.25, -0.2) is 0 Å². The molecule has 0 fully saturated rings. The number of rotatable bonds is 5. The number of amides is 1. The van der Waals surface area contributed by atoms with Crippen LogP contribution < -0.4 is 10.1 Å². The van der Waals surface area contributed by atoms with Gasteiger partial charge in [0.15, 0.2) is 6.10 Å². The summed E-state index contributed by atoms with van der Waals surface area (Å²) in [6.07, 6.45) is 0.0732. The zero-order chi connectivity index (χ0) is 17.8. The fourth-order valence-corrected chi connectivity index (χ4v) is 2.94. The van der Waals surface area contributed by atoms with Crippen LogP contribution in [-0.4, -0.2) is 12.0 Å². The lowest BCUT2D eigenvalue weighted by atomic mass is 10.1. The lowest BCUT2D eigenvalue weighted by Crippen LogP contribution is -2.32. The number of ether oxygens (including phenoxy) is 1. The van der Waals surface area contributed by atoms with Crippen molar-refractivity contribution in [1.82, 2.24) is 0 Å². The fraction of sp³-hybridized carbons (Fsp3) is 0.227. The largest absolute Gasteiger partial charge is 0.481 e. The second-order valence-corrected chi connectivity index (χ2v) is 6.28. The number of benzene rings is 3. The Bertz CT molecular complexity index is 881. The van der Waals surface area contributed by atoms with Gasteiger partial charge in [0.05, 0.1) is 0 Å². The van der Waals surface area contributed by atoms with Crippen LogP contribution in [0.5, 0.6) is 5.75 Å². The molecule has 1 N–H and O–H groups in total. The van der Waals surface area contributed by atoms with Gasteiger partial charge in [0.2, 0.25) is 0 Å². The summed E-state index contributed by atoms with van der Waals surface area (Å²) in [6, 6.07) is 20.0. The lowest BCUT2D eigenvalue weighted by molar-refractivity contribution is -0.122. The van der Waals surface area contributed by atoms with E-state index in [1.165, 1.54) is 0 Å². The summed E-state index contributed by atoms with van der Waals surface area (Å²) in [5.41, 5.74) is 2.97. The van der Waals surface area contributed by atoms with E-state index in [-0.39, 0.29) is 5.91 Å². The molecule has 1 amide bonds. The van der Waals surface area contributed by atoms with Crippen molar-refractivity contribution in [3.8, 4) is 5.75 Å². The van der Waals surface area contributed by atoms with Gasteiger partial charge in [-0.2, -0.15) is 0 Å².